The fraction of sp³-hybridized carbons (Fsp3) is 0.294. The van der Waals surface area contributed by atoms with E-state index in [1.807, 2.05) is 0 Å². The van der Waals surface area contributed by atoms with Crippen molar-refractivity contribution >= 4 is 11.8 Å². The van der Waals surface area contributed by atoms with Gasteiger partial charge in [-0.2, -0.15) is 9.78 Å². The fourth-order valence-electron chi connectivity index (χ4n) is 2.66. The molecule has 130 valence electrons. The molecule has 1 aliphatic heterocycles. The Morgan fingerprint density at radius 3 is 2.64 bits per heavy atom. The third-order valence-corrected chi connectivity index (χ3v) is 4.07. The van der Waals surface area contributed by atoms with Crippen LogP contribution in [0.2, 0.25) is 0 Å². The minimum absolute atomic E-state index is 0.0467. The SMILES string of the molecule is C[C@H]1C(=O)NCCCN1C(=O)c1ccc(=O)n(-c2ccc(F)cc2)n1. The van der Waals surface area contributed by atoms with Gasteiger partial charge in [-0.3, -0.25) is 14.4 Å². The van der Waals surface area contributed by atoms with Gasteiger partial charge in [0, 0.05) is 19.2 Å². The molecule has 1 saturated heterocycles. The molecule has 3 rings (SSSR count). The molecule has 0 spiro atoms. The Balaban J connectivity index is 1.96. The van der Waals surface area contributed by atoms with Crippen LogP contribution in [0.5, 0.6) is 0 Å². The van der Waals surface area contributed by atoms with E-state index in [0.29, 0.717) is 25.2 Å². The van der Waals surface area contributed by atoms with Crippen molar-refractivity contribution in [3.8, 4) is 5.69 Å². The first kappa shape index (κ1) is 16.8. The monoisotopic (exact) mass is 344 g/mol. The smallest absolute Gasteiger partial charge is 0.274 e. The summed E-state index contributed by atoms with van der Waals surface area (Å²) in [6, 6.07) is 7.16. The molecular formula is C17H17FN4O3. The first-order valence-corrected chi connectivity index (χ1v) is 7.92. The van der Waals surface area contributed by atoms with Crippen molar-refractivity contribution in [3.63, 3.8) is 0 Å². The Morgan fingerprint density at radius 1 is 1.20 bits per heavy atom. The van der Waals surface area contributed by atoms with Gasteiger partial charge in [0.2, 0.25) is 5.91 Å². The van der Waals surface area contributed by atoms with Gasteiger partial charge >= 0.3 is 0 Å². The zero-order valence-corrected chi connectivity index (χ0v) is 13.6. The molecule has 2 aromatic rings. The number of amides is 2. The van der Waals surface area contributed by atoms with E-state index in [4.69, 9.17) is 0 Å². The molecule has 1 aromatic heterocycles. The number of rotatable bonds is 2. The van der Waals surface area contributed by atoms with E-state index in [9.17, 15) is 18.8 Å². The first-order chi connectivity index (χ1) is 12.0. The lowest BCUT2D eigenvalue weighted by Gasteiger charge is -2.25. The number of halogens is 1. The third kappa shape index (κ3) is 3.42. The lowest BCUT2D eigenvalue weighted by Crippen LogP contribution is -2.45. The number of hydrogen-bond acceptors (Lipinski definition) is 4. The Hall–Kier alpha value is -3.03. The average molecular weight is 344 g/mol. The predicted molar refractivity (Wildman–Crippen MR) is 87.9 cm³/mol. The van der Waals surface area contributed by atoms with E-state index in [1.165, 1.54) is 41.3 Å². The van der Waals surface area contributed by atoms with Crippen LogP contribution in [-0.2, 0) is 4.79 Å². The van der Waals surface area contributed by atoms with E-state index >= 15 is 0 Å². The molecule has 1 fully saturated rings. The number of benzene rings is 1. The van der Waals surface area contributed by atoms with Gasteiger partial charge in [0.05, 0.1) is 5.69 Å². The maximum absolute atomic E-state index is 13.1. The molecule has 1 atom stereocenters. The van der Waals surface area contributed by atoms with Gasteiger partial charge in [0.1, 0.15) is 17.6 Å². The third-order valence-electron chi connectivity index (χ3n) is 4.07. The van der Waals surface area contributed by atoms with Crippen LogP contribution in [0.25, 0.3) is 5.69 Å². The highest BCUT2D eigenvalue weighted by Crippen LogP contribution is 2.11. The number of hydrogen-bond donors (Lipinski definition) is 1. The molecular weight excluding hydrogens is 327 g/mol. The molecule has 0 radical (unpaired) electrons. The summed E-state index contributed by atoms with van der Waals surface area (Å²) in [6.07, 6.45) is 0.638. The molecule has 25 heavy (non-hydrogen) atoms. The van der Waals surface area contributed by atoms with Gasteiger partial charge in [0.25, 0.3) is 11.5 Å². The topological polar surface area (TPSA) is 84.3 Å². The number of aromatic nitrogens is 2. The zero-order valence-electron chi connectivity index (χ0n) is 13.6. The molecule has 2 heterocycles. The lowest BCUT2D eigenvalue weighted by molar-refractivity contribution is -0.124. The molecule has 0 aliphatic carbocycles. The van der Waals surface area contributed by atoms with Gasteiger partial charge < -0.3 is 10.2 Å². The maximum atomic E-state index is 13.1. The Bertz CT molecular complexity index is 863. The Labute approximate surface area is 143 Å². The quantitative estimate of drug-likeness (QED) is 0.870. The molecule has 2 amide bonds. The van der Waals surface area contributed by atoms with E-state index in [0.717, 1.165) is 4.68 Å². The van der Waals surface area contributed by atoms with Crippen molar-refractivity contribution in [1.29, 1.82) is 0 Å². The van der Waals surface area contributed by atoms with Crippen LogP contribution in [0.15, 0.2) is 41.2 Å². The van der Waals surface area contributed by atoms with Crippen molar-refractivity contribution in [2.24, 2.45) is 0 Å². The largest absolute Gasteiger partial charge is 0.354 e. The minimum Gasteiger partial charge on any atom is -0.354 e. The summed E-state index contributed by atoms with van der Waals surface area (Å²) in [4.78, 5) is 38.2. The number of nitrogens with one attached hydrogen (secondary N) is 1. The van der Waals surface area contributed by atoms with Crippen molar-refractivity contribution in [2.45, 2.75) is 19.4 Å². The highest BCUT2D eigenvalue weighted by atomic mass is 19.1. The second-order valence-corrected chi connectivity index (χ2v) is 5.76. The van der Waals surface area contributed by atoms with Crippen molar-refractivity contribution in [1.82, 2.24) is 20.0 Å². The average Bonchev–Trinajstić information content (AvgIpc) is 2.77. The van der Waals surface area contributed by atoms with Gasteiger partial charge in [-0.1, -0.05) is 0 Å². The molecule has 7 nitrogen and oxygen atoms in total. The Morgan fingerprint density at radius 2 is 1.92 bits per heavy atom. The molecule has 1 aliphatic rings. The van der Waals surface area contributed by atoms with E-state index in [-0.39, 0.29) is 11.6 Å². The van der Waals surface area contributed by atoms with Crippen LogP contribution in [0.3, 0.4) is 0 Å². The molecule has 1 N–H and O–H groups in total. The van der Waals surface area contributed by atoms with Crippen LogP contribution in [0.4, 0.5) is 4.39 Å². The van der Waals surface area contributed by atoms with Gasteiger partial charge in [-0.05, 0) is 43.7 Å². The fourth-order valence-corrected chi connectivity index (χ4v) is 2.66. The maximum Gasteiger partial charge on any atom is 0.274 e. The molecule has 0 saturated carbocycles. The summed E-state index contributed by atoms with van der Waals surface area (Å²) in [5, 5.41) is 6.83. The number of nitrogens with zero attached hydrogens (tertiary/aromatic N) is 3. The normalized spacial score (nSPS) is 17.8. The second kappa shape index (κ2) is 6.84. The van der Waals surface area contributed by atoms with Gasteiger partial charge in [-0.15, -0.1) is 0 Å². The molecule has 8 heteroatoms. The highest BCUT2D eigenvalue weighted by molar-refractivity contribution is 5.96. The number of carbonyl (C=O) groups excluding carboxylic acids is 2. The van der Waals surface area contributed by atoms with Crippen molar-refractivity contribution < 1.29 is 14.0 Å². The summed E-state index contributed by atoms with van der Waals surface area (Å²) < 4.78 is 14.1. The van der Waals surface area contributed by atoms with Crippen LogP contribution in [0, 0.1) is 5.82 Å². The summed E-state index contributed by atoms with van der Waals surface area (Å²) in [5.74, 6) is -1.09. The minimum atomic E-state index is -0.622. The highest BCUT2D eigenvalue weighted by Gasteiger charge is 2.29. The standard InChI is InChI=1S/C17H17FN4O3/c1-11-16(24)19-9-2-10-21(11)17(25)14-7-8-15(23)22(20-14)13-5-3-12(18)4-6-13/h3-8,11H,2,9-10H2,1H3,(H,19,24)/t11-/m0/s1. The summed E-state index contributed by atoms with van der Waals surface area (Å²) in [7, 11) is 0. The summed E-state index contributed by atoms with van der Waals surface area (Å²) in [5.41, 5.74) is -0.0435. The Kier molecular flexibility index (Phi) is 4.60. The zero-order chi connectivity index (χ0) is 18.0. The lowest BCUT2D eigenvalue weighted by atomic mass is 10.2. The molecule has 0 unspecified atom stereocenters. The predicted octanol–water partition coefficient (Wildman–Crippen LogP) is 0.722. The van der Waals surface area contributed by atoms with Crippen LogP contribution in [-0.4, -0.2) is 45.6 Å². The second-order valence-electron chi connectivity index (χ2n) is 5.76. The van der Waals surface area contributed by atoms with Crippen LogP contribution < -0.4 is 10.9 Å². The molecule has 0 bridgehead atoms. The van der Waals surface area contributed by atoms with Crippen LogP contribution >= 0.6 is 0 Å². The van der Waals surface area contributed by atoms with E-state index < -0.39 is 23.3 Å². The van der Waals surface area contributed by atoms with Gasteiger partial charge in [-0.25, -0.2) is 4.39 Å². The van der Waals surface area contributed by atoms with Crippen molar-refractivity contribution in [3.05, 3.63) is 58.3 Å². The number of carbonyl (C=O) groups is 2. The van der Waals surface area contributed by atoms with E-state index in [1.54, 1.807) is 6.92 Å². The van der Waals surface area contributed by atoms with E-state index in [2.05, 4.69) is 10.4 Å². The van der Waals surface area contributed by atoms with Crippen LogP contribution in [0.1, 0.15) is 23.8 Å². The van der Waals surface area contributed by atoms with Gasteiger partial charge in [0.15, 0.2) is 0 Å². The summed E-state index contributed by atoms with van der Waals surface area (Å²) >= 11 is 0. The first-order valence-electron chi connectivity index (χ1n) is 7.92. The summed E-state index contributed by atoms with van der Waals surface area (Å²) in [6.45, 7) is 2.57. The molecule has 1 aromatic carbocycles. The van der Waals surface area contributed by atoms with Crippen molar-refractivity contribution in [2.75, 3.05) is 13.1 Å².